The number of anilines is 1. The Bertz CT molecular complexity index is 1050. The fraction of sp³-hybridized carbons (Fsp3) is 0.400. The van der Waals surface area contributed by atoms with E-state index in [0.717, 1.165) is 18.1 Å². The fourth-order valence-electron chi connectivity index (χ4n) is 3.76. The van der Waals surface area contributed by atoms with Crippen LogP contribution >= 0.6 is 0 Å². The molecule has 2 aromatic rings. The Balaban J connectivity index is 1.53. The Kier molecular flexibility index (Phi) is 5.48. The van der Waals surface area contributed by atoms with Crippen LogP contribution in [0.5, 0.6) is 0 Å². The van der Waals surface area contributed by atoms with E-state index in [1.807, 2.05) is 11.9 Å². The molecule has 10 heteroatoms. The van der Waals surface area contributed by atoms with Crippen LogP contribution in [0.4, 0.5) is 15.8 Å². The van der Waals surface area contributed by atoms with Crippen LogP contribution in [0, 0.1) is 15.9 Å². The second-order valence-electron chi connectivity index (χ2n) is 7.79. The summed E-state index contributed by atoms with van der Waals surface area (Å²) in [5.41, 5.74) is 0.979. The van der Waals surface area contributed by atoms with Crippen LogP contribution in [0.2, 0.25) is 0 Å². The zero-order valence-electron chi connectivity index (χ0n) is 16.5. The molecular formula is C20H23FN4O4S. The van der Waals surface area contributed by atoms with E-state index in [9.17, 15) is 22.9 Å². The third-order valence-corrected chi connectivity index (χ3v) is 7.59. The van der Waals surface area contributed by atoms with Crippen molar-refractivity contribution in [2.24, 2.45) is 0 Å². The molecule has 160 valence electrons. The average Bonchev–Trinajstić information content (AvgIpc) is 3.48. The van der Waals surface area contributed by atoms with E-state index >= 15 is 0 Å². The molecule has 1 N–H and O–H groups in total. The highest BCUT2D eigenvalue weighted by molar-refractivity contribution is 7.89. The third-order valence-electron chi connectivity index (χ3n) is 5.70. The van der Waals surface area contributed by atoms with Crippen LogP contribution in [-0.4, -0.2) is 61.8 Å². The van der Waals surface area contributed by atoms with E-state index in [4.69, 9.17) is 0 Å². The first-order valence-electron chi connectivity index (χ1n) is 9.75. The monoisotopic (exact) mass is 434 g/mol. The lowest BCUT2D eigenvalue weighted by molar-refractivity contribution is -0.384. The summed E-state index contributed by atoms with van der Waals surface area (Å²) in [6.45, 7) is 1.95. The highest BCUT2D eigenvalue weighted by atomic mass is 32.2. The van der Waals surface area contributed by atoms with Crippen LogP contribution in [0.3, 0.4) is 0 Å². The summed E-state index contributed by atoms with van der Waals surface area (Å²) in [4.78, 5) is 13.0. The molecule has 0 spiro atoms. The largest absolute Gasteiger partial charge is 0.376 e. The van der Waals surface area contributed by atoms with Gasteiger partial charge >= 0.3 is 0 Å². The molecule has 0 unspecified atom stereocenters. The van der Waals surface area contributed by atoms with E-state index in [2.05, 4.69) is 5.32 Å². The normalized spacial score (nSPS) is 22.6. The maximum Gasteiger partial charge on any atom is 0.293 e. The zero-order valence-corrected chi connectivity index (χ0v) is 17.3. The summed E-state index contributed by atoms with van der Waals surface area (Å²) in [6, 6.07) is 10.2. The third kappa shape index (κ3) is 4.16. The molecule has 0 radical (unpaired) electrons. The van der Waals surface area contributed by atoms with Gasteiger partial charge in [-0.1, -0.05) is 12.1 Å². The summed E-state index contributed by atoms with van der Waals surface area (Å²) in [5, 5.41) is 14.8. The first-order chi connectivity index (χ1) is 14.3. The van der Waals surface area contributed by atoms with Crippen molar-refractivity contribution < 1.29 is 17.7 Å². The first kappa shape index (κ1) is 20.7. The topological polar surface area (TPSA) is 95.8 Å². The Morgan fingerprint density at radius 2 is 1.77 bits per heavy atom. The van der Waals surface area contributed by atoms with Gasteiger partial charge < -0.3 is 10.2 Å². The minimum atomic E-state index is -3.79. The van der Waals surface area contributed by atoms with Crippen molar-refractivity contribution in [1.82, 2.24) is 9.21 Å². The fourth-order valence-corrected chi connectivity index (χ4v) is 5.20. The molecule has 2 atom stereocenters. The number of sulfonamides is 1. The van der Waals surface area contributed by atoms with Crippen molar-refractivity contribution in [2.75, 3.05) is 38.5 Å². The lowest BCUT2D eigenvalue weighted by atomic mass is 10.1. The summed E-state index contributed by atoms with van der Waals surface area (Å²) in [5.74, 6) is -0.171. The minimum absolute atomic E-state index is 0.0192. The number of nitrogens with one attached hydrogen (secondary N) is 1. The van der Waals surface area contributed by atoms with Crippen molar-refractivity contribution in [3.63, 3.8) is 0 Å². The van der Waals surface area contributed by atoms with E-state index in [-0.39, 0.29) is 34.0 Å². The standard InChI is InChI=1S/C20H23FN4O4S/c1-23-8-10-24(11-9-23)30(28,29)16-6-7-18(20(12-16)25(26)27)22-19-13-17(19)14-2-4-15(21)5-3-14/h2-7,12,17,19,22H,8-11,13H2,1H3/t17-,19+/m0/s1. The molecule has 1 saturated heterocycles. The predicted octanol–water partition coefficient (Wildman–Crippen LogP) is 2.64. The van der Waals surface area contributed by atoms with Crippen LogP contribution in [0.1, 0.15) is 17.9 Å². The van der Waals surface area contributed by atoms with E-state index in [0.29, 0.717) is 26.2 Å². The average molecular weight is 434 g/mol. The number of hydrogen-bond donors (Lipinski definition) is 1. The molecule has 0 aromatic heterocycles. The molecule has 2 aromatic carbocycles. The van der Waals surface area contributed by atoms with Crippen LogP contribution in [-0.2, 0) is 10.0 Å². The zero-order chi connectivity index (χ0) is 21.5. The number of benzene rings is 2. The van der Waals surface area contributed by atoms with Gasteiger partial charge in [0.15, 0.2) is 0 Å². The van der Waals surface area contributed by atoms with Gasteiger partial charge in [-0.15, -0.1) is 0 Å². The lowest BCUT2D eigenvalue weighted by Gasteiger charge is -2.31. The summed E-state index contributed by atoms with van der Waals surface area (Å²) in [7, 11) is -1.87. The molecule has 1 saturated carbocycles. The van der Waals surface area contributed by atoms with Gasteiger partial charge in [-0.25, -0.2) is 12.8 Å². The van der Waals surface area contributed by atoms with Gasteiger partial charge in [0, 0.05) is 44.2 Å². The van der Waals surface area contributed by atoms with Crippen molar-refractivity contribution >= 4 is 21.4 Å². The number of hydrogen-bond acceptors (Lipinski definition) is 6. The van der Waals surface area contributed by atoms with Gasteiger partial charge in [0.2, 0.25) is 10.0 Å². The Morgan fingerprint density at radius 3 is 2.40 bits per heavy atom. The number of rotatable bonds is 6. The highest BCUT2D eigenvalue weighted by Gasteiger charge is 2.39. The van der Waals surface area contributed by atoms with Crippen LogP contribution in [0.25, 0.3) is 0 Å². The molecule has 8 nitrogen and oxygen atoms in total. The Hall–Kier alpha value is -2.56. The van der Waals surface area contributed by atoms with Crippen molar-refractivity contribution in [1.29, 1.82) is 0 Å². The maximum absolute atomic E-state index is 13.1. The van der Waals surface area contributed by atoms with Crippen molar-refractivity contribution in [3.05, 3.63) is 64.0 Å². The van der Waals surface area contributed by atoms with Gasteiger partial charge in [-0.3, -0.25) is 10.1 Å². The molecule has 1 heterocycles. The van der Waals surface area contributed by atoms with E-state index < -0.39 is 14.9 Å². The van der Waals surface area contributed by atoms with Crippen LogP contribution < -0.4 is 5.32 Å². The molecule has 0 bridgehead atoms. The molecule has 1 aliphatic carbocycles. The Morgan fingerprint density at radius 1 is 1.10 bits per heavy atom. The predicted molar refractivity (Wildman–Crippen MR) is 111 cm³/mol. The van der Waals surface area contributed by atoms with Gasteiger partial charge in [0.25, 0.3) is 5.69 Å². The maximum atomic E-state index is 13.1. The number of nitro groups is 1. The second kappa shape index (κ2) is 7.93. The molecule has 4 rings (SSSR count). The van der Waals surface area contributed by atoms with E-state index in [1.54, 1.807) is 12.1 Å². The number of halogens is 1. The van der Waals surface area contributed by atoms with Gasteiger partial charge in [0.1, 0.15) is 11.5 Å². The molecule has 2 fully saturated rings. The number of likely N-dealkylation sites (N-methyl/N-ethyl adjacent to an activating group) is 1. The highest BCUT2D eigenvalue weighted by Crippen LogP contribution is 2.44. The Labute approximate surface area is 174 Å². The summed E-state index contributed by atoms with van der Waals surface area (Å²) < 4.78 is 40.3. The number of nitrogens with zero attached hydrogens (tertiary/aromatic N) is 3. The minimum Gasteiger partial charge on any atom is -0.376 e. The molecule has 30 heavy (non-hydrogen) atoms. The first-order valence-corrected chi connectivity index (χ1v) is 11.2. The lowest BCUT2D eigenvalue weighted by Crippen LogP contribution is -2.47. The second-order valence-corrected chi connectivity index (χ2v) is 9.73. The van der Waals surface area contributed by atoms with Crippen LogP contribution in [0.15, 0.2) is 47.4 Å². The molecule has 1 aliphatic heterocycles. The van der Waals surface area contributed by atoms with Gasteiger partial charge in [0.05, 0.1) is 9.82 Å². The van der Waals surface area contributed by atoms with Gasteiger partial charge in [-0.05, 0) is 43.3 Å². The number of nitro benzene ring substituents is 1. The quantitative estimate of drug-likeness (QED) is 0.555. The SMILES string of the molecule is CN1CCN(S(=O)(=O)c2ccc(N[C@@H]3C[C@H]3c3ccc(F)cc3)c([N+](=O)[O-])c2)CC1. The van der Waals surface area contributed by atoms with Crippen molar-refractivity contribution in [3.8, 4) is 0 Å². The summed E-state index contributed by atoms with van der Waals surface area (Å²) in [6.07, 6.45) is 0.768. The summed E-state index contributed by atoms with van der Waals surface area (Å²) >= 11 is 0. The molecule has 0 amide bonds. The molecular weight excluding hydrogens is 411 g/mol. The van der Waals surface area contributed by atoms with E-state index in [1.165, 1.54) is 28.6 Å². The van der Waals surface area contributed by atoms with Gasteiger partial charge in [-0.2, -0.15) is 4.31 Å². The van der Waals surface area contributed by atoms with Crippen molar-refractivity contribution in [2.45, 2.75) is 23.3 Å². The number of piperazine rings is 1. The smallest absolute Gasteiger partial charge is 0.293 e. The molecule has 2 aliphatic rings.